The number of rotatable bonds is 8. The summed E-state index contributed by atoms with van der Waals surface area (Å²) in [5, 5.41) is 28.3. The molecule has 1 heterocycles. The molecule has 1 fully saturated rings. The highest BCUT2D eigenvalue weighted by Gasteiger charge is 2.34. The van der Waals surface area contributed by atoms with Crippen LogP contribution in [0.2, 0.25) is 10.0 Å². The average molecular weight is 588 g/mol. The van der Waals surface area contributed by atoms with Crippen LogP contribution in [0.4, 0.5) is 11.6 Å². The molecule has 0 saturated heterocycles. The van der Waals surface area contributed by atoms with Gasteiger partial charge >= 0.3 is 0 Å². The Hall–Kier alpha value is -3.57. The van der Waals surface area contributed by atoms with Gasteiger partial charge in [0.1, 0.15) is 0 Å². The van der Waals surface area contributed by atoms with Crippen LogP contribution in [0.15, 0.2) is 47.5 Å². The van der Waals surface area contributed by atoms with Gasteiger partial charge in [-0.15, -0.1) is 5.10 Å². The topological polar surface area (TPSA) is 142 Å². The van der Waals surface area contributed by atoms with E-state index in [4.69, 9.17) is 28.2 Å². The fraction of sp³-hybridized carbons (Fsp3) is 0.444. The summed E-state index contributed by atoms with van der Waals surface area (Å²) < 4.78 is 0. The smallest absolute Gasteiger partial charge is 0.270 e. The number of hydrogen-bond acceptors (Lipinski definition) is 7. The van der Waals surface area contributed by atoms with E-state index in [-0.39, 0.29) is 28.2 Å². The number of nitrogens with one attached hydrogen (secondary N) is 2. The largest absolute Gasteiger partial charge is 0.347 e. The van der Waals surface area contributed by atoms with Crippen LogP contribution >= 0.6 is 23.2 Å². The van der Waals surface area contributed by atoms with Crippen LogP contribution in [0.25, 0.3) is 0 Å². The highest BCUT2D eigenvalue weighted by molar-refractivity contribution is 6.35. The number of nitro groups is 1. The maximum Gasteiger partial charge on any atom is 0.270 e. The molecule has 2 aromatic carbocycles. The van der Waals surface area contributed by atoms with Crippen LogP contribution in [-0.4, -0.2) is 54.8 Å². The molecule has 1 aromatic heterocycles. The minimum absolute atomic E-state index is 0.0631. The van der Waals surface area contributed by atoms with Crippen molar-refractivity contribution in [2.45, 2.75) is 59.0 Å². The molecule has 1 aliphatic carbocycles. The van der Waals surface area contributed by atoms with Crippen LogP contribution in [0.5, 0.6) is 0 Å². The molecule has 212 valence electrons. The Kier molecular flexibility index (Phi) is 9.36. The number of nitrogens with zero attached hydrogens (tertiary/aromatic N) is 6. The fourth-order valence-corrected chi connectivity index (χ4v) is 5.60. The van der Waals surface area contributed by atoms with E-state index in [0.717, 1.165) is 31.2 Å². The number of halogens is 2. The Morgan fingerprint density at radius 1 is 1.12 bits per heavy atom. The molecule has 0 spiro atoms. The molecule has 13 heteroatoms. The highest BCUT2D eigenvalue weighted by Crippen LogP contribution is 2.39. The van der Waals surface area contributed by atoms with Crippen molar-refractivity contribution in [1.82, 2.24) is 25.5 Å². The Labute approximate surface area is 242 Å². The lowest BCUT2D eigenvalue weighted by Gasteiger charge is -2.41. The van der Waals surface area contributed by atoms with Crippen molar-refractivity contribution in [2.75, 3.05) is 11.9 Å². The Morgan fingerprint density at radius 2 is 1.77 bits per heavy atom. The molecule has 0 aliphatic heterocycles. The third-order valence-corrected chi connectivity index (χ3v) is 7.65. The predicted molar refractivity (Wildman–Crippen MR) is 155 cm³/mol. The average Bonchev–Trinajstić information content (AvgIpc) is 3.39. The van der Waals surface area contributed by atoms with Crippen LogP contribution in [0.1, 0.15) is 62.4 Å². The number of aromatic nitrogens is 4. The van der Waals surface area contributed by atoms with Crippen LogP contribution in [0, 0.1) is 21.4 Å². The number of hydrogen-bond donors (Lipinski definition) is 2. The number of H-pyrrole nitrogens is 1. The van der Waals surface area contributed by atoms with Gasteiger partial charge in [0.25, 0.3) is 18.4 Å². The zero-order valence-electron chi connectivity index (χ0n) is 22.6. The molecule has 40 heavy (non-hydrogen) atoms. The van der Waals surface area contributed by atoms with Gasteiger partial charge in [-0.2, -0.15) is 5.21 Å². The van der Waals surface area contributed by atoms with Crippen molar-refractivity contribution in [3.63, 3.8) is 0 Å². The van der Waals surface area contributed by atoms with Crippen molar-refractivity contribution in [1.29, 1.82) is 0 Å². The number of aliphatic imine (C=N–C) groups is 1. The molecule has 4 rings (SSSR count). The summed E-state index contributed by atoms with van der Waals surface area (Å²) >= 11 is 12.4. The van der Waals surface area contributed by atoms with Gasteiger partial charge in [0.05, 0.1) is 5.69 Å². The lowest BCUT2D eigenvalue weighted by molar-refractivity contribution is -0.464. The number of anilines is 1. The molecular formula is C27H32Cl2N8O3. The normalized spacial score (nSPS) is 17.9. The number of benzene rings is 2. The van der Waals surface area contributed by atoms with Crippen LogP contribution < -0.4 is 5.32 Å². The van der Waals surface area contributed by atoms with Crippen molar-refractivity contribution in [3.05, 3.63) is 73.8 Å². The van der Waals surface area contributed by atoms with Gasteiger partial charge in [-0.25, -0.2) is 4.99 Å². The first-order valence-electron chi connectivity index (χ1n) is 13.0. The molecular weight excluding hydrogens is 555 g/mol. The van der Waals surface area contributed by atoms with Crippen molar-refractivity contribution >= 4 is 46.6 Å². The number of aromatic amines is 1. The number of amidine groups is 1. The van der Waals surface area contributed by atoms with Gasteiger partial charge in [-0.1, -0.05) is 61.2 Å². The fourth-order valence-electron chi connectivity index (χ4n) is 5.09. The second-order valence-corrected chi connectivity index (χ2v) is 11.9. The minimum Gasteiger partial charge on any atom is -0.347 e. The van der Waals surface area contributed by atoms with E-state index >= 15 is 0 Å². The SMILES string of the molecule is CC(C)(C)C1CCC(N(Cc2ccc(C(=O)Nc3nn[nH]n3)cc2)C(C[N+](=O)[O-])=Nc2cc(Cl)cc(Cl)c2)CC1. The number of amides is 1. The summed E-state index contributed by atoms with van der Waals surface area (Å²) in [6, 6.07) is 12.0. The monoisotopic (exact) mass is 586 g/mol. The molecule has 1 aliphatic rings. The summed E-state index contributed by atoms with van der Waals surface area (Å²) in [5.74, 6) is 0.610. The number of carbonyl (C=O) groups excluding carboxylic acids is 1. The summed E-state index contributed by atoms with van der Waals surface area (Å²) in [4.78, 5) is 30.7. The quantitative estimate of drug-likeness (QED) is 0.139. The summed E-state index contributed by atoms with van der Waals surface area (Å²) in [5.41, 5.74) is 1.95. The van der Waals surface area contributed by atoms with Crippen LogP contribution in [0.3, 0.4) is 0 Å². The van der Waals surface area contributed by atoms with Gasteiger partial charge < -0.3 is 4.90 Å². The highest BCUT2D eigenvalue weighted by atomic mass is 35.5. The first-order chi connectivity index (χ1) is 19.0. The Bertz CT molecular complexity index is 1330. The number of carbonyl (C=O) groups is 1. The third kappa shape index (κ3) is 7.98. The second-order valence-electron chi connectivity index (χ2n) is 11.0. The van der Waals surface area contributed by atoms with E-state index in [1.165, 1.54) is 0 Å². The van der Waals surface area contributed by atoms with Crippen LogP contribution in [-0.2, 0) is 6.54 Å². The van der Waals surface area contributed by atoms with E-state index in [1.54, 1.807) is 30.3 Å². The Balaban J connectivity index is 1.62. The van der Waals surface area contributed by atoms with Crippen molar-refractivity contribution < 1.29 is 9.72 Å². The molecule has 0 bridgehead atoms. The molecule has 0 radical (unpaired) electrons. The lowest BCUT2D eigenvalue weighted by Crippen LogP contribution is -2.45. The van der Waals surface area contributed by atoms with Gasteiger partial charge in [0.15, 0.2) is 5.84 Å². The van der Waals surface area contributed by atoms with Gasteiger partial charge in [-0.3, -0.25) is 20.2 Å². The minimum atomic E-state index is -0.450. The zero-order chi connectivity index (χ0) is 28.9. The first kappa shape index (κ1) is 29.4. The summed E-state index contributed by atoms with van der Waals surface area (Å²) in [6.45, 7) is 6.71. The molecule has 2 N–H and O–H groups in total. The number of tetrazole rings is 1. The summed E-state index contributed by atoms with van der Waals surface area (Å²) in [7, 11) is 0. The molecule has 0 unspecified atom stereocenters. The lowest BCUT2D eigenvalue weighted by atomic mass is 9.71. The first-order valence-corrected chi connectivity index (χ1v) is 13.8. The van der Waals surface area contributed by atoms with Gasteiger partial charge in [0, 0.05) is 33.1 Å². The molecule has 1 amide bonds. The van der Waals surface area contributed by atoms with Crippen molar-refractivity contribution in [2.24, 2.45) is 16.3 Å². The van der Waals surface area contributed by atoms with E-state index < -0.39 is 6.54 Å². The van der Waals surface area contributed by atoms with E-state index in [0.29, 0.717) is 39.6 Å². The van der Waals surface area contributed by atoms with Gasteiger partial charge in [0.2, 0.25) is 0 Å². The maximum absolute atomic E-state index is 12.5. The molecule has 1 saturated carbocycles. The maximum atomic E-state index is 12.5. The van der Waals surface area contributed by atoms with Gasteiger partial charge in [-0.05, 0) is 78.1 Å². The van der Waals surface area contributed by atoms with E-state index in [9.17, 15) is 14.9 Å². The molecule has 0 atom stereocenters. The zero-order valence-corrected chi connectivity index (χ0v) is 24.1. The second kappa shape index (κ2) is 12.7. The Morgan fingerprint density at radius 3 is 2.33 bits per heavy atom. The van der Waals surface area contributed by atoms with E-state index in [1.807, 2.05) is 17.0 Å². The van der Waals surface area contributed by atoms with Crippen molar-refractivity contribution in [3.8, 4) is 0 Å². The standard InChI is InChI=1S/C27H32Cl2N8O3/c1-27(2,3)19-8-10-23(11-9-19)36(24(16-37(39)40)30-22-13-20(28)12-21(29)14-22)15-17-4-6-18(7-5-17)25(38)31-26-32-34-35-33-26/h4-7,12-14,19,23H,8-11,15-16H2,1-3H3,(H2,31,32,33,34,35,38). The molecule has 3 aromatic rings. The molecule has 11 nitrogen and oxygen atoms in total. The summed E-state index contributed by atoms with van der Waals surface area (Å²) in [6.07, 6.45) is 3.82. The van der Waals surface area contributed by atoms with E-state index in [2.05, 4.69) is 46.7 Å². The predicted octanol–water partition coefficient (Wildman–Crippen LogP) is 6.17. The third-order valence-electron chi connectivity index (χ3n) is 7.21.